The highest BCUT2D eigenvalue weighted by Crippen LogP contribution is 2.29. The van der Waals surface area contributed by atoms with Crippen LogP contribution in [0.15, 0.2) is 6.07 Å². The van der Waals surface area contributed by atoms with Crippen LogP contribution >= 0.6 is 0 Å². The van der Waals surface area contributed by atoms with Crippen LogP contribution in [0.25, 0.3) is 0 Å². The van der Waals surface area contributed by atoms with E-state index >= 15 is 0 Å². The van der Waals surface area contributed by atoms with Crippen LogP contribution in [-0.2, 0) is 0 Å². The van der Waals surface area contributed by atoms with Gasteiger partial charge in [-0.15, -0.1) is 0 Å². The fourth-order valence-electron chi connectivity index (χ4n) is 2.66. The van der Waals surface area contributed by atoms with Gasteiger partial charge >= 0.3 is 6.01 Å². The van der Waals surface area contributed by atoms with Gasteiger partial charge in [0.25, 0.3) is 0 Å². The van der Waals surface area contributed by atoms with E-state index in [2.05, 4.69) is 9.97 Å². The zero-order valence-corrected chi connectivity index (χ0v) is 11.3. The summed E-state index contributed by atoms with van der Waals surface area (Å²) in [4.78, 5) is 8.26. The fourth-order valence-corrected chi connectivity index (χ4v) is 2.66. The third kappa shape index (κ3) is 3.65. The molecular formula is C14H20N4O. The molecule has 2 N–H and O–H groups in total. The lowest BCUT2D eigenvalue weighted by molar-refractivity contribution is 0.145. The van der Waals surface area contributed by atoms with Crippen molar-refractivity contribution in [2.45, 2.75) is 32.6 Å². The normalized spacial score (nSPS) is 22.8. The van der Waals surface area contributed by atoms with E-state index in [4.69, 9.17) is 15.7 Å². The van der Waals surface area contributed by atoms with Crippen LogP contribution in [0.3, 0.4) is 0 Å². The summed E-state index contributed by atoms with van der Waals surface area (Å²) < 4.78 is 5.67. The fraction of sp³-hybridized carbons (Fsp3) is 0.643. The number of hydrogen-bond acceptors (Lipinski definition) is 5. The highest BCUT2D eigenvalue weighted by molar-refractivity contribution is 5.23. The molecule has 1 fully saturated rings. The highest BCUT2D eigenvalue weighted by atomic mass is 16.5. The third-order valence-electron chi connectivity index (χ3n) is 3.74. The van der Waals surface area contributed by atoms with Gasteiger partial charge in [0.15, 0.2) is 0 Å². The minimum Gasteiger partial charge on any atom is -0.463 e. The smallest absolute Gasteiger partial charge is 0.317 e. The Morgan fingerprint density at radius 2 is 2.11 bits per heavy atom. The lowest BCUT2D eigenvalue weighted by atomic mass is 9.80. The number of ether oxygens (including phenoxy) is 1. The zero-order valence-electron chi connectivity index (χ0n) is 11.3. The van der Waals surface area contributed by atoms with Gasteiger partial charge in [0.2, 0.25) is 0 Å². The van der Waals surface area contributed by atoms with Gasteiger partial charge in [-0.1, -0.05) is 12.8 Å². The van der Waals surface area contributed by atoms with Crippen LogP contribution in [0, 0.1) is 30.1 Å². The average molecular weight is 260 g/mol. The van der Waals surface area contributed by atoms with Gasteiger partial charge < -0.3 is 10.5 Å². The first kappa shape index (κ1) is 13.8. The molecule has 1 heterocycles. The Morgan fingerprint density at radius 1 is 1.37 bits per heavy atom. The molecular weight excluding hydrogens is 240 g/mol. The summed E-state index contributed by atoms with van der Waals surface area (Å²) in [6.07, 6.45) is 4.84. The molecule has 1 aliphatic rings. The topological polar surface area (TPSA) is 84.8 Å². The van der Waals surface area contributed by atoms with E-state index in [0.29, 0.717) is 36.7 Å². The second kappa shape index (κ2) is 6.48. The van der Waals surface area contributed by atoms with Crippen molar-refractivity contribution in [3.63, 3.8) is 0 Å². The van der Waals surface area contributed by atoms with Crippen molar-refractivity contribution in [2.24, 2.45) is 17.6 Å². The Morgan fingerprint density at radius 3 is 2.79 bits per heavy atom. The molecule has 2 atom stereocenters. The number of aryl methyl sites for hydroxylation is 1. The lowest BCUT2D eigenvalue weighted by Gasteiger charge is -2.30. The Hall–Kier alpha value is -1.67. The first-order valence-corrected chi connectivity index (χ1v) is 6.81. The summed E-state index contributed by atoms with van der Waals surface area (Å²) in [5, 5.41) is 8.87. The second-order valence-electron chi connectivity index (χ2n) is 5.14. The zero-order chi connectivity index (χ0) is 13.7. The van der Waals surface area contributed by atoms with Crippen molar-refractivity contribution in [1.29, 1.82) is 5.26 Å². The Kier molecular flexibility index (Phi) is 4.69. The molecule has 102 valence electrons. The molecule has 1 aromatic heterocycles. The average Bonchev–Trinajstić information content (AvgIpc) is 2.44. The van der Waals surface area contributed by atoms with E-state index in [1.165, 1.54) is 19.3 Å². The second-order valence-corrected chi connectivity index (χ2v) is 5.14. The molecule has 0 spiro atoms. The molecule has 5 nitrogen and oxygen atoms in total. The standard InChI is InChI=1S/C14H20N4O/c1-10-6-13(8-16)18-14(17-10)19-9-12-5-3-2-4-11(12)7-15/h6,11-12H,2-5,7,9,15H2,1H3. The maximum absolute atomic E-state index is 8.87. The van der Waals surface area contributed by atoms with Gasteiger partial charge in [-0.3, -0.25) is 0 Å². The van der Waals surface area contributed by atoms with E-state index < -0.39 is 0 Å². The van der Waals surface area contributed by atoms with Crippen molar-refractivity contribution in [3.8, 4) is 12.1 Å². The molecule has 1 aliphatic carbocycles. The molecule has 2 rings (SSSR count). The van der Waals surface area contributed by atoms with Crippen molar-refractivity contribution in [2.75, 3.05) is 13.2 Å². The first-order valence-electron chi connectivity index (χ1n) is 6.81. The number of hydrogen-bond donors (Lipinski definition) is 1. The van der Waals surface area contributed by atoms with Gasteiger partial charge in [-0.05, 0) is 44.2 Å². The van der Waals surface area contributed by atoms with Gasteiger partial charge in [0.05, 0.1) is 6.61 Å². The van der Waals surface area contributed by atoms with Crippen LogP contribution in [0.2, 0.25) is 0 Å². The summed E-state index contributed by atoms with van der Waals surface area (Å²) in [7, 11) is 0. The summed E-state index contributed by atoms with van der Waals surface area (Å²) >= 11 is 0. The minimum absolute atomic E-state index is 0.304. The van der Waals surface area contributed by atoms with Crippen molar-refractivity contribution >= 4 is 0 Å². The molecule has 2 unspecified atom stereocenters. The molecule has 0 saturated heterocycles. The summed E-state index contributed by atoms with van der Waals surface area (Å²) in [5.41, 5.74) is 6.90. The predicted octanol–water partition coefficient (Wildman–Crippen LogP) is 1.80. The molecule has 0 radical (unpaired) electrons. The minimum atomic E-state index is 0.304. The van der Waals surface area contributed by atoms with Gasteiger partial charge in [0, 0.05) is 5.69 Å². The molecule has 19 heavy (non-hydrogen) atoms. The molecule has 1 saturated carbocycles. The molecule has 5 heteroatoms. The molecule has 0 amide bonds. The Bertz CT molecular complexity index is 469. The van der Waals surface area contributed by atoms with Crippen LogP contribution < -0.4 is 10.5 Å². The summed E-state index contributed by atoms with van der Waals surface area (Å²) in [6, 6.07) is 3.97. The van der Waals surface area contributed by atoms with Crippen molar-refractivity contribution < 1.29 is 4.74 Å². The van der Waals surface area contributed by atoms with Crippen molar-refractivity contribution in [1.82, 2.24) is 9.97 Å². The van der Waals surface area contributed by atoms with Crippen LogP contribution in [0.4, 0.5) is 0 Å². The molecule has 0 aromatic carbocycles. The largest absolute Gasteiger partial charge is 0.463 e. The molecule has 1 aromatic rings. The van der Waals surface area contributed by atoms with E-state index in [-0.39, 0.29) is 0 Å². The van der Waals surface area contributed by atoms with E-state index in [0.717, 1.165) is 12.1 Å². The van der Waals surface area contributed by atoms with Crippen LogP contribution in [0.5, 0.6) is 6.01 Å². The monoisotopic (exact) mass is 260 g/mol. The van der Waals surface area contributed by atoms with Crippen LogP contribution in [0.1, 0.15) is 37.1 Å². The third-order valence-corrected chi connectivity index (χ3v) is 3.74. The van der Waals surface area contributed by atoms with Gasteiger partial charge in [-0.2, -0.15) is 10.2 Å². The van der Waals surface area contributed by atoms with E-state index in [1.807, 2.05) is 13.0 Å². The van der Waals surface area contributed by atoms with Crippen LogP contribution in [-0.4, -0.2) is 23.1 Å². The number of nitrogens with zero attached hydrogens (tertiary/aromatic N) is 3. The van der Waals surface area contributed by atoms with E-state index in [9.17, 15) is 0 Å². The molecule has 0 bridgehead atoms. The number of aromatic nitrogens is 2. The van der Waals surface area contributed by atoms with Crippen molar-refractivity contribution in [3.05, 3.63) is 17.5 Å². The SMILES string of the molecule is Cc1cc(C#N)nc(OCC2CCCCC2CN)n1. The Balaban J connectivity index is 1.98. The number of nitrogens with two attached hydrogens (primary N) is 1. The number of nitriles is 1. The maximum atomic E-state index is 8.87. The quantitative estimate of drug-likeness (QED) is 0.892. The van der Waals surface area contributed by atoms with Gasteiger partial charge in [-0.25, -0.2) is 4.98 Å². The number of rotatable bonds is 4. The predicted molar refractivity (Wildman–Crippen MR) is 71.5 cm³/mol. The lowest BCUT2D eigenvalue weighted by Crippen LogP contribution is -2.31. The molecule has 0 aliphatic heterocycles. The first-order chi connectivity index (χ1) is 9.22. The Labute approximate surface area is 113 Å². The summed E-state index contributed by atoms with van der Waals surface area (Å²) in [5.74, 6) is 1.02. The summed E-state index contributed by atoms with van der Waals surface area (Å²) in [6.45, 7) is 3.14. The maximum Gasteiger partial charge on any atom is 0.317 e. The van der Waals surface area contributed by atoms with Gasteiger partial charge in [0.1, 0.15) is 11.8 Å². The highest BCUT2D eigenvalue weighted by Gasteiger charge is 2.24. The van der Waals surface area contributed by atoms with E-state index in [1.54, 1.807) is 6.07 Å².